The smallest absolute Gasteiger partial charge is 0.127 e. The highest BCUT2D eigenvalue weighted by atomic mass is 16.7. The second kappa shape index (κ2) is 35.8. The number of aryl methyl sites for hydroxylation is 1. The number of rotatable bonds is 46. The number of likely N-dealkylation sites (N-methyl/N-ethyl adjacent to an activating group) is 1. The average molecular weight is 1650 g/mol. The van der Waals surface area contributed by atoms with Gasteiger partial charge in [0.05, 0.1) is 45.7 Å². The molecule has 0 bridgehead atoms. The molecule has 123 heavy (non-hydrogen) atoms. The minimum absolute atomic E-state index is 0.106. The molecule has 0 aromatic heterocycles. The Morgan fingerprint density at radius 2 is 0.919 bits per heavy atom. The van der Waals surface area contributed by atoms with Gasteiger partial charge in [-0.3, -0.25) is 9.74 Å². The van der Waals surface area contributed by atoms with Crippen LogP contribution in [-0.4, -0.2) is 79.4 Å². The number of benzene rings is 12. The first-order valence-electron chi connectivity index (χ1n) is 48.2. The van der Waals surface area contributed by atoms with Crippen molar-refractivity contribution in [1.82, 2.24) is 9.96 Å². The molecule has 5 aliphatic rings. The Hall–Kier alpha value is -9.00. The maximum Gasteiger partial charge on any atom is 0.127 e. The quantitative estimate of drug-likeness (QED) is 0.0226. The van der Waals surface area contributed by atoms with Crippen LogP contribution in [0, 0.1) is 6.92 Å². The zero-order chi connectivity index (χ0) is 84.2. The molecule has 6 unspecified atom stereocenters. The molecule has 2 aliphatic heterocycles. The Bertz CT molecular complexity index is 5970. The summed E-state index contributed by atoms with van der Waals surface area (Å²) in [5.41, 5.74) is 17.5. The molecule has 10 heteroatoms. The van der Waals surface area contributed by atoms with Gasteiger partial charge in [-0.25, -0.2) is 0 Å². The maximum atomic E-state index is 13.2. The molecule has 0 saturated carbocycles. The summed E-state index contributed by atoms with van der Waals surface area (Å²) in [6.45, 7) is 25.9. The van der Waals surface area contributed by atoms with Crippen molar-refractivity contribution in [3.05, 3.63) is 217 Å². The highest BCUT2D eigenvalue weighted by Crippen LogP contribution is 2.67. The predicted molar refractivity (Wildman–Crippen MR) is 512 cm³/mol. The van der Waals surface area contributed by atoms with Crippen LogP contribution in [0.3, 0.4) is 0 Å². The van der Waals surface area contributed by atoms with E-state index in [1.807, 2.05) is 0 Å². The van der Waals surface area contributed by atoms with Crippen LogP contribution in [0.5, 0.6) is 28.7 Å². The number of unbranched alkanes of at least 4 members (excludes halogenated alkanes) is 15. The molecule has 10 nitrogen and oxygen atoms in total. The van der Waals surface area contributed by atoms with Crippen molar-refractivity contribution in [1.29, 1.82) is 0 Å². The van der Waals surface area contributed by atoms with Crippen LogP contribution in [0.1, 0.15) is 330 Å². The fourth-order valence-corrected chi connectivity index (χ4v) is 23.5. The number of hydrogen-bond acceptors (Lipinski definition) is 10. The van der Waals surface area contributed by atoms with E-state index in [1.165, 1.54) is 63.9 Å². The highest BCUT2D eigenvalue weighted by Gasteiger charge is 2.50. The maximum absolute atomic E-state index is 13.2. The molecular formula is C113H132N2O8. The van der Waals surface area contributed by atoms with Gasteiger partial charge in [0.15, 0.2) is 0 Å². The minimum atomic E-state index is -0.897. The first-order chi connectivity index (χ1) is 60.1. The molecule has 0 radical (unpaired) electrons. The van der Waals surface area contributed by atoms with Gasteiger partial charge >= 0.3 is 0 Å². The molecule has 0 amide bonds. The van der Waals surface area contributed by atoms with Gasteiger partial charge in [0.1, 0.15) is 34.9 Å². The van der Waals surface area contributed by atoms with Crippen LogP contribution in [0.15, 0.2) is 140 Å². The van der Waals surface area contributed by atoms with Crippen LogP contribution in [-0.2, 0) is 29.0 Å². The molecule has 642 valence electrons. The molecule has 1 N–H and O–H groups in total. The lowest BCUT2D eigenvalue weighted by Gasteiger charge is -2.52. The van der Waals surface area contributed by atoms with E-state index < -0.39 is 6.10 Å². The van der Waals surface area contributed by atoms with Gasteiger partial charge < -0.3 is 33.5 Å². The van der Waals surface area contributed by atoms with E-state index in [9.17, 15) is 5.11 Å². The summed E-state index contributed by atoms with van der Waals surface area (Å²) in [6.07, 6.45) is 31.3. The Labute approximate surface area is 730 Å². The molecule has 3 aliphatic carbocycles. The summed E-state index contributed by atoms with van der Waals surface area (Å²) in [5.74, 6) is 4.80. The van der Waals surface area contributed by atoms with Crippen molar-refractivity contribution in [3.63, 3.8) is 0 Å². The lowest BCUT2D eigenvalue weighted by atomic mass is 9.71. The molecule has 2 heterocycles. The predicted octanol–water partition coefficient (Wildman–Crippen LogP) is 29.6. The first kappa shape index (κ1) is 83.5. The summed E-state index contributed by atoms with van der Waals surface area (Å²) in [5, 5.41) is 40.4. The van der Waals surface area contributed by atoms with Crippen molar-refractivity contribution in [2.24, 2.45) is 0 Å². The fraction of sp³-hybridized carbons (Fsp3) is 0.469. The van der Waals surface area contributed by atoms with Crippen molar-refractivity contribution < 1.29 is 38.4 Å². The van der Waals surface area contributed by atoms with Crippen molar-refractivity contribution in [2.45, 2.75) is 289 Å². The summed E-state index contributed by atoms with van der Waals surface area (Å²) in [7, 11) is 2.39. The van der Waals surface area contributed by atoms with E-state index >= 15 is 0 Å². The van der Waals surface area contributed by atoms with E-state index in [4.69, 9.17) is 33.3 Å². The molecule has 14 aromatic rings. The molecule has 6 atom stereocenters. The number of likely N-dealkylation sites (tertiary alicyclic amines) is 1. The van der Waals surface area contributed by atoms with Gasteiger partial charge in [-0.1, -0.05) is 226 Å². The third kappa shape index (κ3) is 15.8. The Kier molecular flexibility index (Phi) is 24.3. The van der Waals surface area contributed by atoms with Crippen LogP contribution >= 0.6 is 0 Å². The van der Waals surface area contributed by atoms with E-state index in [2.05, 4.69) is 231 Å². The topological polar surface area (TPSA) is 91.3 Å². The second-order valence-corrected chi connectivity index (χ2v) is 39.1. The number of fused-ring (bicyclic) bond motifs is 3. The standard InChI is InChI=1S/C113H132N2O8/c1-11-15-19-29-53-119-91-65-76(92(57-71(91)5)120-54-30-20-16-12-2)41-42-77-66-95(122-56-32-22-18-14-4)87(68-93(77)121-55-31-21-17-13-3)90(116)64-80(73-35-26-25-27-36-73)67-94(123-115-112(6,7)49-34-50-113(115,8)9)74-39-37-72(38-40-74)70-117-51-28-23-24-33-52-118-85-47-45-75(46-48-85)111-102-88-63-84-61-82-59-79-44-43-78-58-81-60-83-62-86(89(102)69-114(111)10)103-104(88)108-101(84)99(82)106-97(79)96(78)105-98(81)100(83)107(103)110(108)109(105)106/h25-27,35-48,57-59,62-63,65-66,68,80,89-90,94,102,111,116H,11-24,28-34,49-56,60-61,64,67,69-70H2,1-10H3/b42-41+. The zero-order valence-corrected chi connectivity index (χ0v) is 75.3. The molecule has 14 aromatic carbocycles. The monoisotopic (exact) mass is 1640 g/mol. The minimum Gasteiger partial charge on any atom is -0.494 e. The largest absolute Gasteiger partial charge is 0.494 e. The zero-order valence-electron chi connectivity index (χ0n) is 75.3. The van der Waals surface area contributed by atoms with Crippen molar-refractivity contribution in [2.75, 3.05) is 53.2 Å². The number of ether oxygens (including phenoxy) is 6. The van der Waals surface area contributed by atoms with Gasteiger partial charge in [0.2, 0.25) is 0 Å². The van der Waals surface area contributed by atoms with Gasteiger partial charge in [-0.15, -0.1) is 0 Å². The number of hydroxylamine groups is 2. The first-order valence-corrected chi connectivity index (χ1v) is 48.2. The summed E-state index contributed by atoms with van der Waals surface area (Å²) in [6, 6.07) is 53.3. The summed E-state index contributed by atoms with van der Waals surface area (Å²) < 4.78 is 40.0. The van der Waals surface area contributed by atoms with E-state index in [1.54, 1.807) is 86.9 Å². The van der Waals surface area contributed by atoms with E-state index in [-0.39, 0.29) is 29.1 Å². The molecule has 0 spiro atoms. The lowest BCUT2D eigenvalue weighted by Crippen LogP contribution is -2.58. The van der Waals surface area contributed by atoms with Gasteiger partial charge in [0, 0.05) is 58.8 Å². The number of piperidine rings is 1. The van der Waals surface area contributed by atoms with Crippen LogP contribution < -0.4 is 23.7 Å². The summed E-state index contributed by atoms with van der Waals surface area (Å²) in [4.78, 5) is 10.3. The van der Waals surface area contributed by atoms with Gasteiger partial charge in [-0.2, -0.15) is 5.06 Å². The third-order valence-corrected chi connectivity index (χ3v) is 29.5. The van der Waals surface area contributed by atoms with Crippen LogP contribution in [0.25, 0.3) is 98.3 Å². The second-order valence-electron chi connectivity index (χ2n) is 39.1. The SMILES string of the molecule is CCCCCCOc1cc(/C=C/c2cc(OCCCCCC)c(C(O)CC(CC(ON3C(C)(C)CCCC3(C)C)c3ccc(COCCCCCCOc4ccc(C5C6c7cc8c9c%10c(cc%11ccc%12cc%13c%14c%15c(cc(c%16c7c9c(c%16%15)c7c%14c%12c%11c%107)C6CN5C)C%13)C8)cc4)cc3)c3ccccc3)cc2OCCCCCC)c(OCCCCCC)cc1C. The normalized spacial score (nSPS) is 18.1. The summed E-state index contributed by atoms with van der Waals surface area (Å²) >= 11 is 0. The fourth-order valence-electron chi connectivity index (χ4n) is 23.5. The van der Waals surface area contributed by atoms with Crippen molar-refractivity contribution in [3.8, 4) is 28.7 Å². The van der Waals surface area contributed by atoms with Gasteiger partial charge in [-0.05, 0) is 321 Å². The van der Waals surface area contributed by atoms with E-state index in [0.29, 0.717) is 76.7 Å². The Balaban J connectivity index is 0.514. The number of nitrogens with zero attached hydrogens (tertiary/aromatic N) is 2. The lowest BCUT2D eigenvalue weighted by molar-refractivity contribution is -0.308. The Morgan fingerprint density at radius 1 is 0.439 bits per heavy atom. The molecule has 19 rings (SSSR count). The van der Waals surface area contributed by atoms with Crippen LogP contribution in [0.4, 0.5) is 0 Å². The number of aliphatic hydroxyl groups is 1. The van der Waals surface area contributed by atoms with Gasteiger partial charge in [0.25, 0.3) is 0 Å². The molecule has 2 fully saturated rings. The third-order valence-electron chi connectivity index (χ3n) is 29.5. The average Bonchev–Trinajstić information content (AvgIpc) is 1.46. The van der Waals surface area contributed by atoms with Crippen molar-refractivity contribution >= 4 is 98.3 Å². The van der Waals surface area contributed by atoms with Crippen LogP contribution in [0.2, 0.25) is 0 Å². The number of hydrogen-bond donors (Lipinski definition) is 1. The Morgan fingerprint density at radius 3 is 1.49 bits per heavy atom. The molecular weight excluding hydrogens is 1510 g/mol. The number of aliphatic hydroxyl groups excluding tert-OH is 1. The van der Waals surface area contributed by atoms with E-state index in [0.717, 1.165) is 203 Å². The molecule has 2 saturated heterocycles. The highest BCUT2D eigenvalue weighted by molar-refractivity contribution is 6.58.